The van der Waals surface area contributed by atoms with Gasteiger partial charge in [0.15, 0.2) is 5.65 Å². The van der Waals surface area contributed by atoms with Crippen LogP contribution in [0.5, 0.6) is 0 Å². The van der Waals surface area contributed by atoms with Crippen LogP contribution >= 0.6 is 15.9 Å². The van der Waals surface area contributed by atoms with E-state index in [2.05, 4.69) is 30.9 Å². The van der Waals surface area contributed by atoms with Crippen LogP contribution in [0.25, 0.3) is 11.0 Å². The molecule has 1 atom stereocenters. The van der Waals surface area contributed by atoms with Crippen molar-refractivity contribution in [2.75, 3.05) is 24.6 Å². The SMILES string of the molecule is CC(C)(C)n1ncc2c(=O)[nH]c(N3CCOC(c4ccccc4Br)C3)nc21. The van der Waals surface area contributed by atoms with Crippen LogP contribution in [0.3, 0.4) is 0 Å². The number of hydrogen-bond acceptors (Lipinski definition) is 5. The molecule has 0 radical (unpaired) electrons. The first-order valence-corrected chi connectivity index (χ1v) is 9.73. The molecule has 0 amide bonds. The van der Waals surface area contributed by atoms with E-state index in [4.69, 9.17) is 9.72 Å². The second-order valence-corrected chi connectivity index (χ2v) is 8.54. The Hall–Kier alpha value is -2.19. The summed E-state index contributed by atoms with van der Waals surface area (Å²) in [4.78, 5) is 22.3. The van der Waals surface area contributed by atoms with E-state index in [9.17, 15) is 4.79 Å². The molecule has 1 aromatic carbocycles. The number of anilines is 1. The summed E-state index contributed by atoms with van der Waals surface area (Å²) in [6.45, 7) is 7.96. The van der Waals surface area contributed by atoms with E-state index < -0.39 is 0 Å². The number of H-pyrrole nitrogens is 1. The molecule has 1 saturated heterocycles. The second kappa shape index (κ2) is 6.76. The van der Waals surface area contributed by atoms with Crippen LogP contribution in [0.2, 0.25) is 0 Å². The summed E-state index contributed by atoms with van der Waals surface area (Å²) in [6, 6.07) is 8.03. The van der Waals surface area contributed by atoms with E-state index in [-0.39, 0.29) is 17.2 Å². The van der Waals surface area contributed by atoms with Crippen LogP contribution in [0.15, 0.2) is 39.7 Å². The van der Waals surface area contributed by atoms with Crippen molar-refractivity contribution in [2.24, 2.45) is 0 Å². The van der Waals surface area contributed by atoms with E-state index in [0.29, 0.717) is 36.7 Å². The molecule has 142 valence electrons. The fourth-order valence-electron chi connectivity index (χ4n) is 3.31. The lowest BCUT2D eigenvalue weighted by Crippen LogP contribution is -2.40. The van der Waals surface area contributed by atoms with Gasteiger partial charge in [0.25, 0.3) is 5.56 Å². The summed E-state index contributed by atoms with van der Waals surface area (Å²) in [6.07, 6.45) is 1.49. The average molecular weight is 432 g/mol. The molecular formula is C19H22BrN5O2. The number of morpholine rings is 1. The summed E-state index contributed by atoms with van der Waals surface area (Å²) in [5, 5.41) is 4.88. The smallest absolute Gasteiger partial charge is 0.263 e. The minimum Gasteiger partial charge on any atom is -0.370 e. The maximum Gasteiger partial charge on any atom is 0.263 e. The van der Waals surface area contributed by atoms with Crippen molar-refractivity contribution >= 4 is 32.9 Å². The molecule has 3 heterocycles. The molecule has 1 fully saturated rings. The summed E-state index contributed by atoms with van der Waals surface area (Å²) in [7, 11) is 0. The van der Waals surface area contributed by atoms with Gasteiger partial charge in [0.05, 0.1) is 24.9 Å². The van der Waals surface area contributed by atoms with Gasteiger partial charge in [-0.1, -0.05) is 34.1 Å². The van der Waals surface area contributed by atoms with Crippen LogP contribution in [0.4, 0.5) is 5.95 Å². The Balaban J connectivity index is 1.71. The molecule has 8 heteroatoms. The molecule has 2 aromatic heterocycles. The van der Waals surface area contributed by atoms with Gasteiger partial charge in [0.1, 0.15) is 11.5 Å². The Kier molecular flexibility index (Phi) is 4.55. The molecule has 27 heavy (non-hydrogen) atoms. The Bertz CT molecular complexity index is 1040. The molecule has 0 saturated carbocycles. The Morgan fingerprint density at radius 3 is 2.81 bits per heavy atom. The normalized spacial score (nSPS) is 18.2. The van der Waals surface area contributed by atoms with E-state index >= 15 is 0 Å². The number of aromatic amines is 1. The number of benzene rings is 1. The van der Waals surface area contributed by atoms with Gasteiger partial charge >= 0.3 is 0 Å². The van der Waals surface area contributed by atoms with Gasteiger partial charge in [-0.15, -0.1) is 0 Å². The van der Waals surface area contributed by atoms with Gasteiger partial charge in [-0.3, -0.25) is 9.78 Å². The fraction of sp³-hybridized carbons (Fsp3) is 0.421. The highest BCUT2D eigenvalue weighted by Crippen LogP contribution is 2.30. The Morgan fingerprint density at radius 2 is 2.07 bits per heavy atom. The van der Waals surface area contributed by atoms with Crippen molar-refractivity contribution in [1.82, 2.24) is 19.7 Å². The van der Waals surface area contributed by atoms with Gasteiger partial charge < -0.3 is 9.64 Å². The van der Waals surface area contributed by atoms with Crippen LogP contribution < -0.4 is 10.5 Å². The predicted octanol–water partition coefficient (Wildman–Crippen LogP) is 3.22. The van der Waals surface area contributed by atoms with Gasteiger partial charge in [0.2, 0.25) is 5.95 Å². The van der Waals surface area contributed by atoms with E-state index in [0.717, 1.165) is 10.0 Å². The third-order valence-corrected chi connectivity index (χ3v) is 5.40. The third-order valence-electron chi connectivity index (χ3n) is 4.68. The average Bonchev–Trinajstić information content (AvgIpc) is 3.07. The lowest BCUT2D eigenvalue weighted by Gasteiger charge is -2.34. The summed E-state index contributed by atoms with van der Waals surface area (Å²) in [5.74, 6) is 0.554. The van der Waals surface area contributed by atoms with E-state index in [1.807, 2.05) is 45.0 Å². The Morgan fingerprint density at radius 1 is 1.30 bits per heavy atom. The number of halogens is 1. The summed E-state index contributed by atoms with van der Waals surface area (Å²) in [5.41, 5.74) is 1.26. The van der Waals surface area contributed by atoms with E-state index in [1.165, 1.54) is 0 Å². The zero-order valence-corrected chi connectivity index (χ0v) is 17.2. The first-order valence-electron chi connectivity index (χ1n) is 8.94. The zero-order chi connectivity index (χ0) is 19.2. The predicted molar refractivity (Wildman–Crippen MR) is 108 cm³/mol. The number of rotatable bonds is 2. The quantitative estimate of drug-likeness (QED) is 0.673. The number of nitrogens with zero attached hydrogens (tertiary/aromatic N) is 4. The molecule has 0 aliphatic carbocycles. The third kappa shape index (κ3) is 3.39. The molecule has 1 aliphatic heterocycles. The lowest BCUT2D eigenvalue weighted by atomic mass is 10.1. The van der Waals surface area contributed by atoms with Gasteiger partial charge in [-0.25, -0.2) is 4.68 Å². The molecule has 0 bridgehead atoms. The number of fused-ring (bicyclic) bond motifs is 1. The zero-order valence-electron chi connectivity index (χ0n) is 15.6. The summed E-state index contributed by atoms with van der Waals surface area (Å²) < 4.78 is 8.78. The van der Waals surface area contributed by atoms with Crippen molar-refractivity contribution in [1.29, 1.82) is 0 Å². The Labute approximate surface area is 165 Å². The number of ether oxygens (including phenoxy) is 1. The van der Waals surface area contributed by atoms with Gasteiger partial charge in [-0.2, -0.15) is 10.1 Å². The number of aromatic nitrogens is 4. The summed E-state index contributed by atoms with van der Waals surface area (Å²) >= 11 is 3.59. The standard InChI is InChI=1S/C19H22BrN5O2/c1-19(2,3)25-16-13(10-21-25)17(26)23-18(22-16)24-8-9-27-15(11-24)12-6-4-5-7-14(12)20/h4-7,10,15H,8-9,11H2,1-3H3,(H,22,23,26). The highest BCUT2D eigenvalue weighted by molar-refractivity contribution is 9.10. The molecule has 4 rings (SSSR count). The fourth-order valence-corrected chi connectivity index (χ4v) is 3.85. The molecule has 3 aromatic rings. The molecule has 7 nitrogen and oxygen atoms in total. The van der Waals surface area contributed by atoms with Crippen LogP contribution in [0, 0.1) is 0 Å². The van der Waals surface area contributed by atoms with Crippen LogP contribution in [-0.2, 0) is 10.3 Å². The van der Waals surface area contributed by atoms with Crippen molar-refractivity contribution in [3.63, 3.8) is 0 Å². The van der Waals surface area contributed by atoms with Crippen molar-refractivity contribution in [2.45, 2.75) is 32.4 Å². The van der Waals surface area contributed by atoms with E-state index in [1.54, 1.807) is 10.9 Å². The van der Waals surface area contributed by atoms with Crippen LogP contribution in [-0.4, -0.2) is 39.4 Å². The molecular weight excluding hydrogens is 410 g/mol. The molecule has 1 aliphatic rings. The maximum atomic E-state index is 12.6. The first kappa shape index (κ1) is 18.2. The highest BCUT2D eigenvalue weighted by Gasteiger charge is 2.26. The molecule has 1 N–H and O–H groups in total. The lowest BCUT2D eigenvalue weighted by molar-refractivity contribution is 0.0388. The number of nitrogens with one attached hydrogen (secondary N) is 1. The first-order chi connectivity index (χ1) is 12.8. The second-order valence-electron chi connectivity index (χ2n) is 7.68. The van der Waals surface area contributed by atoms with Gasteiger partial charge in [-0.05, 0) is 32.4 Å². The minimum atomic E-state index is -0.262. The van der Waals surface area contributed by atoms with Crippen molar-refractivity contribution < 1.29 is 4.74 Å². The largest absolute Gasteiger partial charge is 0.370 e. The van der Waals surface area contributed by atoms with Gasteiger partial charge in [0, 0.05) is 11.0 Å². The molecule has 0 spiro atoms. The topological polar surface area (TPSA) is 76.0 Å². The maximum absolute atomic E-state index is 12.6. The van der Waals surface area contributed by atoms with Crippen molar-refractivity contribution in [3.8, 4) is 0 Å². The minimum absolute atomic E-state index is 0.0946. The molecule has 1 unspecified atom stereocenters. The number of hydrogen-bond donors (Lipinski definition) is 1. The van der Waals surface area contributed by atoms with Crippen LogP contribution in [0.1, 0.15) is 32.4 Å². The van der Waals surface area contributed by atoms with Crippen molar-refractivity contribution in [3.05, 3.63) is 50.9 Å². The highest BCUT2D eigenvalue weighted by atomic mass is 79.9. The monoisotopic (exact) mass is 431 g/mol.